The summed E-state index contributed by atoms with van der Waals surface area (Å²) in [6.07, 6.45) is 0.640. The molecule has 5 nitrogen and oxygen atoms in total. The Hall–Kier alpha value is -1.89. The highest BCUT2D eigenvalue weighted by Gasteiger charge is 2.11. The second-order valence-electron chi connectivity index (χ2n) is 4.57. The average molecular weight is 306 g/mol. The predicted octanol–water partition coefficient (Wildman–Crippen LogP) is 1.77. The van der Waals surface area contributed by atoms with E-state index in [1.54, 1.807) is 6.07 Å². The van der Waals surface area contributed by atoms with Crippen molar-refractivity contribution < 1.29 is 14.6 Å². The first kappa shape index (κ1) is 15.5. The van der Waals surface area contributed by atoms with Gasteiger partial charge in [0, 0.05) is 17.0 Å². The number of amides is 1. The van der Waals surface area contributed by atoms with Gasteiger partial charge in [0.05, 0.1) is 4.88 Å². The van der Waals surface area contributed by atoms with Gasteiger partial charge in [-0.2, -0.15) is 0 Å². The molecule has 0 radical (unpaired) electrons. The molecule has 6 heteroatoms. The van der Waals surface area contributed by atoms with Crippen LogP contribution in [0.1, 0.15) is 25.7 Å². The van der Waals surface area contributed by atoms with Crippen LogP contribution >= 0.6 is 11.3 Å². The Bertz CT molecular complexity index is 608. The Morgan fingerprint density at radius 1 is 1.38 bits per heavy atom. The molecule has 21 heavy (non-hydrogen) atoms. The van der Waals surface area contributed by atoms with Crippen LogP contribution in [0.15, 0.2) is 30.3 Å². The van der Waals surface area contributed by atoms with Crippen LogP contribution in [-0.4, -0.2) is 17.6 Å². The van der Waals surface area contributed by atoms with E-state index in [2.05, 4.69) is 5.43 Å². The lowest BCUT2D eigenvalue weighted by molar-refractivity contribution is 0.0957. The number of rotatable bonds is 6. The molecule has 0 aliphatic heterocycles. The van der Waals surface area contributed by atoms with E-state index in [0.29, 0.717) is 17.9 Å². The number of thiophene rings is 1. The van der Waals surface area contributed by atoms with Crippen LogP contribution in [0.4, 0.5) is 0 Å². The van der Waals surface area contributed by atoms with Gasteiger partial charge in [-0.25, -0.2) is 5.84 Å². The largest absolute Gasteiger partial charge is 0.489 e. The standard InChI is InChI=1S/C15H18N2O3S/c1-10-12(8-14(21-10)15(19)17-16)9-20-13-4-2-11(3-5-13)6-7-18/h2-5,8,18H,6-7,9,16H2,1H3,(H,17,19). The topological polar surface area (TPSA) is 84.6 Å². The molecule has 0 bridgehead atoms. The molecule has 0 saturated carbocycles. The Balaban J connectivity index is 1.99. The minimum absolute atomic E-state index is 0.139. The van der Waals surface area contributed by atoms with Crippen LogP contribution in [0, 0.1) is 6.92 Å². The molecule has 0 fully saturated rings. The predicted molar refractivity (Wildman–Crippen MR) is 82.3 cm³/mol. The van der Waals surface area contributed by atoms with Crippen molar-refractivity contribution in [3.05, 3.63) is 51.2 Å². The van der Waals surface area contributed by atoms with Crippen LogP contribution in [-0.2, 0) is 13.0 Å². The van der Waals surface area contributed by atoms with E-state index in [4.69, 9.17) is 15.7 Å². The molecule has 112 valence electrons. The molecule has 2 aromatic rings. The van der Waals surface area contributed by atoms with Crippen molar-refractivity contribution in [2.45, 2.75) is 20.0 Å². The average Bonchev–Trinajstić information content (AvgIpc) is 2.87. The summed E-state index contributed by atoms with van der Waals surface area (Å²) in [6.45, 7) is 2.49. The van der Waals surface area contributed by atoms with Gasteiger partial charge in [0.2, 0.25) is 0 Å². The minimum atomic E-state index is -0.289. The van der Waals surface area contributed by atoms with Gasteiger partial charge in [0.25, 0.3) is 5.91 Å². The highest BCUT2D eigenvalue weighted by atomic mass is 32.1. The van der Waals surface area contributed by atoms with Crippen molar-refractivity contribution in [2.24, 2.45) is 5.84 Å². The number of hydrogen-bond acceptors (Lipinski definition) is 5. The maximum absolute atomic E-state index is 11.5. The summed E-state index contributed by atoms with van der Waals surface area (Å²) in [6, 6.07) is 9.40. The van der Waals surface area contributed by atoms with Crippen LogP contribution in [0.5, 0.6) is 5.75 Å². The number of aryl methyl sites for hydroxylation is 1. The molecular formula is C15H18N2O3S. The molecule has 1 heterocycles. The van der Waals surface area contributed by atoms with Crippen molar-refractivity contribution in [1.29, 1.82) is 0 Å². The Morgan fingerprint density at radius 2 is 2.10 bits per heavy atom. The van der Waals surface area contributed by atoms with E-state index in [0.717, 1.165) is 21.8 Å². The number of aliphatic hydroxyl groups excluding tert-OH is 1. The van der Waals surface area contributed by atoms with Gasteiger partial charge in [0.1, 0.15) is 12.4 Å². The SMILES string of the molecule is Cc1sc(C(=O)NN)cc1COc1ccc(CCO)cc1. The number of benzene rings is 1. The van der Waals surface area contributed by atoms with Crippen LogP contribution in [0.2, 0.25) is 0 Å². The Kier molecular flexibility index (Phi) is 5.32. The Morgan fingerprint density at radius 3 is 2.71 bits per heavy atom. The molecule has 0 spiro atoms. The maximum atomic E-state index is 11.5. The molecule has 4 N–H and O–H groups in total. The van der Waals surface area contributed by atoms with Gasteiger partial charge in [-0.1, -0.05) is 12.1 Å². The summed E-state index contributed by atoms with van der Waals surface area (Å²) in [5.74, 6) is 5.59. The number of hydrogen-bond donors (Lipinski definition) is 3. The monoisotopic (exact) mass is 306 g/mol. The number of aliphatic hydroxyl groups is 1. The Labute approximate surface area is 127 Å². The number of nitrogen functional groups attached to an aromatic ring is 1. The van der Waals surface area contributed by atoms with Gasteiger partial charge in [-0.05, 0) is 37.1 Å². The third kappa shape index (κ3) is 4.04. The highest BCUT2D eigenvalue weighted by Crippen LogP contribution is 2.23. The number of ether oxygens (including phenoxy) is 1. The molecule has 0 aliphatic carbocycles. The number of nitrogens with one attached hydrogen (secondary N) is 1. The summed E-state index contributed by atoms with van der Waals surface area (Å²) in [5.41, 5.74) is 4.16. The van der Waals surface area contributed by atoms with E-state index in [-0.39, 0.29) is 12.5 Å². The lowest BCUT2D eigenvalue weighted by atomic mass is 10.1. The van der Waals surface area contributed by atoms with Crippen molar-refractivity contribution >= 4 is 17.2 Å². The fourth-order valence-electron chi connectivity index (χ4n) is 1.89. The van der Waals surface area contributed by atoms with Gasteiger partial charge >= 0.3 is 0 Å². The van der Waals surface area contributed by atoms with Crippen molar-refractivity contribution in [3.8, 4) is 5.75 Å². The molecule has 1 amide bonds. The highest BCUT2D eigenvalue weighted by molar-refractivity contribution is 7.14. The second-order valence-corrected chi connectivity index (χ2v) is 5.83. The summed E-state index contributed by atoms with van der Waals surface area (Å²) in [7, 11) is 0. The smallest absolute Gasteiger partial charge is 0.275 e. The van der Waals surface area contributed by atoms with Crippen LogP contribution in [0.25, 0.3) is 0 Å². The molecule has 0 saturated heterocycles. The van der Waals surface area contributed by atoms with E-state index in [1.807, 2.05) is 31.2 Å². The second kappa shape index (κ2) is 7.21. The quantitative estimate of drug-likeness (QED) is 0.431. The minimum Gasteiger partial charge on any atom is -0.489 e. The van der Waals surface area contributed by atoms with E-state index in [1.165, 1.54) is 11.3 Å². The summed E-state index contributed by atoms with van der Waals surface area (Å²) < 4.78 is 5.71. The van der Waals surface area contributed by atoms with E-state index >= 15 is 0 Å². The molecule has 0 unspecified atom stereocenters. The zero-order chi connectivity index (χ0) is 15.2. The summed E-state index contributed by atoms with van der Waals surface area (Å²) in [5, 5.41) is 8.87. The first-order valence-electron chi connectivity index (χ1n) is 6.57. The van der Waals surface area contributed by atoms with Crippen molar-refractivity contribution in [3.63, 3.8) is 0 Å². The molecule has 0 atom stereocenters. The number of nitrogens with two attached hydrogens (primary N) is 1. The van der Waals surface area contributed by atoms with Crippen LogP contribution < -0.4 is 16.0 Å². The number of hydrazine groups is 1. The van der Waals surface area contributed by atoms with Gasteiger partial charge in [-0.15, -0.1) is 11.3 Å². The first-order chi connectivity index (χ1) is 10.1. The molecule has 0 aliphatic rings. The first-order valence-corrected chi connectivity index (χ1v) is 7.38. The lowest BCUT2D eigenvalue weighted by Gasteiger charge is -2.06. The maximum Gasteiger partial charge on any atom is 0.275 e. The third-order valence-electron chi connectivity index (χ3n) is 3.09. The van der Waals surface area contributed by atoms with Gasteiger partial charge in [0.15, 0.2) is 0 Å². The van der Waals surface area contributed by atoms with E-state index in [9.17, 15) is 4.79 Å². The molecule has 1 aromatic heterocycles. The number of carbonyl (C=O) groups excluding carboxylic acids is 1. The fourth-order valence-corrected chi connectivity index (χ4v) is 2.82. The van der Waals surface area contributed by atoms with Crippen LogP contribution in [0.3, 0.4) is 0 Å². The fraction of sp³-hybridized carbons (Fsp3) is 0.267. The molecular weight excluding hydrogens is 288 g/mol. The summed E-state index contributed by atoms with van der Waals surface area (Å²) in [4.78, 5) is 13.1. The van der Waals surface area contributed by atoms with Gasteiger partial charge in [-0.3, -0.25) is 10.2 Å². The number of carbonyl (C=O) groups is 1. The van der Waals surface area contributed by atoms with Crippen molar-refractivity contribution in [2.75, 3.05) is 6.61 Å². The van der Waals surface area contributed by atoms with E-state index < -0.39 is 0 Å². The normalized spacial score (nSPS) is 10.4. The lowest BCUT2D eigenvalue weighted by Crippen LogP contribution is -2.29. The molecule has 1 aromatic carbocycles. The van der Waals surface area contributed by atoms with Gasteiger partial charge < -0.3 is 9.84 Å². The third-order valence-corrected chi connectivity index (χ3v) is 4.19. The zero-order valence-corrected chi connectivity index (χ0v) is 12.6. The summed E-state index contributed by atoms with van der Waals surface area (Å²) >= 11 is 1.39. The van der Waals surface area contributed by atoms with Crippen molar-refractivity contribution in [1.82, 2.24) is 5.43 Å². The zero-order valence-electron chi connectivity index (χ0n) is 11.8. The molecule has 2 rings (SSSR count).